The number of rotatable bonds is 1. The van der Waals surface area contributed by atoms with Crippen LogP contribution in [0, 0.1) is 11.8 Å². The van der Waals surface area contributed by atoms with Crippen LogP contribution in [0.4, 0.5) is 0 Å². The minimum Gasteiger partial charge on any atom is -0.388 e. The predicted molar refractivity (Wildman–Crippen MR) is 48.4 cm³/mol. The molecule has 2 aliphatic rings. The Kier molecular flexibility index (Phi) is 2.34. The summed E-state index contributed by atoms with van der Waals surface area (Å²) in [4.78, 5) is 0. The Morgan fingerprint density at radius 1 is 1.38 bits per heavy atom. The van der Waals surface area contributed by atoms with Crippen molar-refractivity contribution in [3.8, 4) is 0 Å². The molecule has 6 atom stereocenters. The molecular weight excluding hydrogens is 168 g/mol. The molecule has 0 aromatic carbocycles. The molecule has 4 unspecified atom stereocenters. The van der Waals surface area contributed by atoms with E-state index in [2.05, 4.69) is 13.8 Å². The molecule has 0 spiro atoms. The number of hydrogen-bond donors (Lipinski definition) is 1. The first kappa shape index (κ1) is 9.44. The topological polar surface area (TPSA) is 38.7 Å². The number of ether oxygens (including phenoxy) is 2. The molecule has 2 rings (SSSR count). The summed E-state index contributed by atoms with van der Waals surface area (Å²) in [6.07, 6.45) is 0.755. The fourth-order valence-corrected chi connectivity index (χ4v) is 2.82. The zero-order valence-corrected chi connectivity index (χ0v) is 8.43. The van der Waals surface area contributed by atoms with Gasteiger partial charge in [-0.15, -0.1) is 0 Å². The van der Waals surface area contributed by atoms with Gasteiger partial charge in [-0.05, 0) is 12.3 Å². The zero-order chi connectivity index (χ0) is 9.59. The van der Waals surface area contributed by atoms with Crippen LogP contribution in [0.5, 0.6) is 0 Å². The van der Waals surface area contributed by atoms with Gasteiger partial charge in [0.15, 0.2) is 0 Å². The average Bonchev–Trinajstić information content (AvgIpc) is 2.44. The molecule has 2 saturated heterocycles. The largest absolute Gasteiger partial charge is 0.388 e. The highest BCUT2D eigenvalue weighted by Gasteiger charge is 2.50. The second-order valence-electron chi connectivity index (χ2n) is 4.40. The lowest BCUT2D eigenvalue weighted by atomic mass is 9.89. The molecule has 0 amide bonds. The Morgan fingerprint density at radius 3 is 2.69 bits per heavy atom. The molecular formula is C10H18O3. The van der Waals surface area contributed by atoms with E-state index in [4.69, 9.17) is 9.47 Å². The van der Waals surface area contributed by atoms with Gasteiger partial charge in [0.1, 0.15) is 6.10 Å². The summed E-state index contributed by atoms with van der Waals surface area (Å²) in [5.41, 5.74) is 0. The van der Waals surface area contributed by atoms with E-state index < -0.39 is 6.10 Å². The number of methoxy groups -OCH3 is 1. The van der Waals surface area contributed by atoms with Crippen molar-refractivity contribution in [1.82, 2.24) is 0 Å². The summed E-state index contributed by atoms with van der Waals surface area (Å²) < 4.78 is 11.1. The van der Waals surface area contributed by atoms with Crippen molar-refractivity contribution in [2.45, 2.75) is 44.7 Å². The molecule has 2 aliphatic heterocycles. The lowest BCUT2D eigenvalue weighted by Crippen LogP contribution is -2.50. The standard InChI is InChI=1S/C10H18O3/c1-5-4-7-8(11)10(12-3)6(2)9(5)13-7/h5-11H,4H2,1-3H3/t5?,6?,7?,8-,9?,10+/m1/s1. The van der Waals surface area contributed by atoms with Gasteiger partial charge in [0.05, 0.1) is 18.3 Å². The molecule has 2 fully saturated rings. The van der Waals surface area contributed by atoms with E-state index in [0.717, 1.165) is 6.42 Å². The molecule has 0 radical (unpaired) electrons. The highest BCUT2D eigenvalue weighted by molar-refractivity contribution is 4.98. The Hall–Kier alpha value is -0.120. The molecule has 2 heterocycles. The smallest absolute Gasteiger partial charge is 0.107 e. The van der Waals surface area contributed by atoms with Gasteiger partial charge < -0.3 is 14.6 Å². The van der Waals surface area contributed by atoms with Crippen molar-refractivity contribution in [3.63, 3.8) is 0 Å². The summed E-state index contributed by atoms with van der Waals surface area (Å²) in [5.74, 6) is 0.851. The van der Waals surface area contributed by atoms with Gasteiger partial charge in [0.2, 0.25) is 0 Å². The quantitative estimate of drug-likeness (QED) is 0.658. The minimum absolute atomic E-state index is 0.00106. The summed E-state index contributed by atoms with van der Waals surface area (Å²) in [6.45, 7) is 4.28. The van der Waals surface area contributed by atoms with Gasteiger partial charge in [0.25, 0.3) is 0 Å². The highest BCUT2D eigenvalue weighted by atomic mass is 16.5. The highest BCUT2D eigenvalue weighted by Crippen LogP contribution is 2.41. The van der Waals surface area contributed by atoms with E-state index in [1.165, 1.54) is 0 Å². The van der Waals surface area contributed by atoms with Crippen molar-refractivity contribution < 1.29 is 14.6 Å². The Labute approximate surface area is 79.0 Å². The van der Waals surface area contributed by atoms with Gasteiger partial charge in [-0.25, -0.2) is 0 Å². The van der Waals surface area contributed by atoms with Crippen LogP contribution in [0.3, 0.4) is 0 Å². The lowest BCUT2D eigenvalue weighted by Gasteiger charge is -2.38. The fraction of sp³-hybridized carbons (Fsp3) is 1.00. The van der Waals surface area contributed by atoms with Crippen LogP contribution in [0.1, 0.15) is 20.3 Å². The molecule has 13 heavy (non-hydrogen) atoms. The van der Waals surface area contributed by atoms with Crippen molar-refractivity contribution in [1.29, 1.82) is 0 Å². The third kappa shape index (κ3) is 1.30. The molecule has 2 bridgehead atoms. The third-order valence-corrected chi connectivity index (χ3v) is 3.52. The Morgan fingerprint density at radius 2 is 2.08 bits per heavy atom. The van der Waals surface area contributed by atoms with Gasteiger partial charge >= 0.3 is 0 Å². The number of fused-ring (bicyclic) bond motifs is 2. The number of aliphatic hydroxyl groups is 1. The van der Waals surface area contributed by atoms with E-state index in [-0.39, 0.29) is 18.3 Å². The maximum atomic E-state index is 9.89. The first-order valence-corrected chi connectivity index (χ1v) is 5.01. The molecule has 76 valence electrons. The minimum atomic E-state index is -0.443. The summed E-state index contributed by atoms with van der Waals surface area (Å²) in [6, 6.07) is 0. The normalized spacial score (nSPS) is 55.4. The summed E-state index contributed by atoms with van der Waals surface area (Å²) in [5, 5.41) is 9.89. The van der Waals surface area contributed by atoms with Gasteiger partial charge in [-0.1, -0.05) is 13.8 Å². The fourth-order valence-electron chi connectivity index (χ4n) is 2.82. The second-order valence-corrected chi connectivity index (χ2v) is 4.40. The average molecular weight is 186 g/mol. The third-order valence-electron chi connectivity index (χ3n) is 3.52. The predicted octanol–water partition coefficient (Wildman–Crippen LogP) is 0.806. The maximum Gasteiger partial charge on any atom is 0.107 e. The van der Waals surface area contributed by atoms with Crippen molar-refractivity contribution >= 4 is 0 Å². The molecule has 3 heteroatoms. The Bertz CT molecular complexity index is 195. The van der Waals surface area contributed by atoms with Crippen LogP contribution >= 0.6 is 0 Å². The van der Waals surface area contributed by atoms with Crippen molar-refractivity contribution in [3.05, 3.63) is 0 Å². The van der Waals surface area contributed by atoms with Crippen LogP contribution < -0.4 is 0 Å². The zero-order valence-electron chi connectivity index (χ0n) is 8.43. The molecule has 0 saturated carbocycles. The van der Waals surface area contributed by atoms with E-state index in [9.17, 15) is 5.11 Å². The van der Waals surface area contributed by atoms with Crippen molar-refractivity contribution in [2.24, 2.45) is 11.8 Å². The van der Waals surface area contributed by atoms with Crippen molar-refractivity contribution in [2.75, 3.05) is 7.11 Å². The van der Waals surface area contributed by atoms with Crippen LogP contribution in [-0.4, -0.2) is 36.6 Å². The first-order valence-electron chi connectivity index (χ1n) is 5.01. The van der Waals surface area contributed by atoms with E-state index in [1.54, 1.807) is 7.11 Å². The lowest BCUT2D eigenvalue weighted by molar-refractivity contribution is -0.178. The molecule has 1 N–H and O–H groups in total. The maximum absolute atomic E-state index is 9.89. The van der Waals surface area contributed by atoms with Gasteiger partial charge in [-0.3, -0.25) is 0 Å². The number of hydrogen-bond acceptors (Lipinski definition) is 3. The molecule has 3 nitrogen and oxygen atoms in total. The van der Waals surface area contributed by atoms with Crippen LogP contribution in [0.25, 0.3) is 0 Å². The SMILES string of the molecule is CO[C@H]1C(C)C2OC(CC2C)[C@H]1O. The molecule has 0 aromatic rings. The van der Waals surface area contributed by atoms with E-state index in [1.807, 2.05) is 0 Å². The van der Waals surface area contributed by atoms with Gasteiger partial charge in [-0.2, -0.15) is 0 Å². The second kappa shape index (κ2) is 3.23. The van der Waals surface area contributed by atoms with Crippen LogP contribution in [0.2, 0.25) is 0 Å². The van der Waals surface area contributed by atoms with Crippen LogP contribution in [0.15, 0.2) is 0 Å². The van der Waals surface area contributed by atoms with E-state index >= 15 is 0 Å². The van der Waals surface area contributed by atoms with Gasteiger partial charge in [0, 0.05) is 13.0 Å². The van der Waals surface area contributed by atoms with Crippen LogP contribution in [-0.2, 0) is 9.47 Å². The first-order chi connectivity index (χ1) is 6.15. The Balaban J connectivity index is 2.18. The summed E-state index contributed by atoms with van der Waals surface area (Å²) >= 11 is 0. The molecule has 0 aliphatic carbocycles. The number of aliphatic hydroxyl groups excluding tert-OH is 1. The molecule has 0 aromatic heterocycles. The summed E-state index contributed by atoms with van der Waals surface area (Å²) in [7, 11) is 1.67. The van der Waals surface area contributed by atoms with E-state index in [0.29, 0.717) is 11.8 Å². The monoisotopic (exact) mass is 186 g/mol.